The number of carbonyl (C=O) groups excluding carboxylic acids is 1. The number of furan rings is 1. The van der Waals surface area contributed by atoms with Crippen LogP contribution in [0.15, 0.2) is 10.5 Å². The fourth-order valence-corrected chi connectivity index (χ4v) is 1.89. The van der Waals surface area contributed by atoms with E-state index in [0.29, 0.717) is 25.3 Å². The van der Waals surface area contributed by atoms with Crippen LogP contribution in [0.4, 0.5) is 0 Å². The maximum atomic E-state index is 12.2. The zero-order valence-electron chi connectivity index (χ0n) is 11.7. The van der Waals surface area contributed by atoms with Crippen LogP contribution in [-0.4, -0.2) is 35.0 Å². The minimum Gasteiger partial charge on any atom is -0.478 e. The molecule has 0 saturated heterocycles. The Labute approximate surface area is 113 Å². The lowest BCUT2D eigenvalue weighted by Crippen LogP contribution is -2.31. The first-order chi connectivity index (χ1) is 9.04. The molecule has 0 radical (unpaired) electrons. The van der Waals surface area contributed by atoms with E-state index in [-0.39, 0.29) is 17.2 Å². The Morgan fingerprint density at radius 2 is 2.00 bits per heavy atom. The second-order valence-electron chi connectivity index (χ2n) is 4.34. The number of hydrogen-bond donors (Lipinski definition) is 1. The molecule has 1 aromatic rings. The lowest BCUT2D eigenvalue weighted by Gasteiger charge is -2.18. The summed E-state index contributed by atoms with van der Waals surface area (Å²) >= 11 is 0. The van der Waals surface area contributed by atoms with Crippen molar-refractivity contribution in [2.24, 2.45) is 0 Å². The van der Waals surface area contributed by atoms with Crippen molar-refractivity contribution >= 4 is 11.9 Å². The molecule has 0 aromatic carbocycles. The average Bonchev–Trinajstić information content (AvgIpc) is 2.83. The molecule has 0 aliphatic rings. The molecule has 0 atom stereocenters. The molecule has 19 heavy (non-hydrogen) atoms. The van der Waals surface area contributed by atoms with Crippen LogP contribution in [0.2, 0.25) is 0 Å². The number of hydrogen-bond acceptors (Lipinski definition) is 3. The van der Waals surface area contributed by atoms with Gasteiger partial charge in [0.1, 0.15) is 11.3 Å². The van der Waals surface area contributed by atoms with Crippen molar-refractivity contribution in [2.45, 2.75) is 40.0 Å². The summed E-state index contributed by atoms with van der Waals surface area (Å²) in [6.45, 7) is 7.01. The van der Waals surface area contributed by atoms with Crippen LogP contribution in [0, 0.1) is 0 Å². The average molecular weight is 267 g/mol. The van der Waals surface area contributed by atoms with Crippen molar-refractivity contribution < 1.29 is 19.1 Å². The van der Waals surface area contributed by atoms with Gasteiger partial charge in [0.05, 0.1) is 0 Å². The number of aryl methyl sites for hydroxylation is 1. The molecule has 1 heterocycles. The first kappa shape index (κ1) is 15.3. The molecule has 1 aromatic heterocycles. The molecule has 0 saturated carbocycles. The van der Waals surface area contributed by atoms with E-state index in [0.717, 1.165) is 12.8 Å². The maximum Gasteiger partial charge on any atom is 0.339 e. The zero-order valence-corrected chi connectivity index (χ0v) is 11.7. The van der Waals surface area contributed by atoms with Crippen LogP contribution in [0.25, 0.3) is 0 Å². The third-order valence-electron chi connectivity index (χ3n) is 3.02. The molecule has 0 bridgehead atoms. The van der Waals surface area contributed by atoms with E-state index >= 15 is 0 Å². The monoisotopic (exact) mass is 267 g/mol. The van der Waals surface area contributed by atoms with Gasteiger partial charge in [-0.1, -0.05) is 20.3 Å². The molecule has 5 heteroatoms. The Balaban J connectivity index is 2.95. The topological polar surface area (TPSA) is 70.8 Å². The van der Waals surface area contributed by atoms with Crippen LogP contribution >= 0.6 is 0 Å². The third kappa shape index (κ3) is 3.59. The number of amides is 1. The highest BCUT2D eigenvalue weighted by Crippen LogP contribution is 2.18. The number of unbranched alkanes of at least 4 members (excludes halogenated alkanes) is 1. The number of aromatic carboxylic acids is 1. The quantitative estimate of drug-likeness (QED) is 0.824. The van der Waals surface area contributed by atoms with Gasteiger partial charge in [-0.2, -0.15) is 0 Å². The van der Waals surface area contributed by atoms with E-state index in [1.54, 1.807) is 11.8 Å². The van der Waals surface area contributed by atoms with Gasteiger partial charge in [-0.3, -0.25) is 4.79 Å². The number of carboxylic acid groups (broad SMARTS) is 1. The van der Waals surface area contributed by atoms with Gasteiger partial charge >= 0.3 is 5.97 Å². The summed E-state index contributed by atoms with van der Waals surface area (Å²) in [4.78, 5) is 24.9. The number of rotatable bonds is 7. The van der Waals surface area contributed by atoms with Gasteiger partial charge in [0, 0.05) is 25.6 Å². The standard InChI is InChI=1S/C14H21NO4/c1-4-7-8-15(6-3)13(16)12-9-10(14(17)18)11(5-2)19-12/h9H,4-8H2,1-3H3,(H,17,18). The normalized spacial score (nSPS) is 10.5. The molecule has 0 spiro atoms. The van der Waals surface area contributed by atoms with Crippen molar-refractivity contribution in [3.63, 3.8) is 0 Å². The van der Waals surface area contributed by atoms with E-state index in [4.69, 9.17) is 9.52 Å². The Morgan fingerprint density at radius 3 is 2.42 bits per heavy atom. The van der Waals surface area contributed by atoms with Crippen molar-refractivity contribution in [1.29, 1.82) is 0 Å². The summed E-state index contributed by atoms with van der Waals surface area (Å²) in [5.74, 6) is -0.830. The molecular formula is C14H21NO4. The number of carboxylic acids is 1. The van der Waals surface area contributed by atoms with Crippen LogP contribution in [0.1, 0.15) is 60.3 Å². The minimum absolute atomic E-state index is 0.0809. The minimum atomic E-state index is -1.06. The van der Waals surface area contributed by atoms with Crippen LogP contribution in [-0.2, 0) is 6.42 Å². The molecule has 1 amide bonds. The van der Waals surface area contributed by atoms with Crippen LogP contribution in [0.3, 0.4) is 0 Å². The molecule has 0 fully saturated rings. The molecule has 0 unspecified atom stereocenters. The molecule has 1 rings (SSSR count). The summed E-state index contributed by atoms with van der Waals surface area (Å²) in [5.41, 5.74) is 0.0809. The van der Waals surface area contributed by atoms with Crippen molar-refractivity contribution in [2.75, 3.05) is 13.1 Å². The SMILES string of the molecule is CCCCN(CC)C(=O)c1cc(C(=O)O)c(CC)o1. The molecule has 0 aliphatic carbocycles. The van der Waals surface area contributed by atoms with E-state index < -0.39 is 5.97 Å². The lowest BCUT2D eigenvalue weighted by atomic mass is 10.2. The molecule has 1 N–H and O–H groups in total. The van der Waals surface area contributed by atoms with E-state index in [2.05, 4.69) is 6.92 Å². The molecule has 5 nitrogen and oxygen atoms in total. The summed E-state index contributed by atoms with van der Waals surface area (Å²) in [7, 11) is 0. The molecule has 106 valence electrons. The first-order valence-electron chi connectivity index (χ1n) is 6.70. The van der Waals surface area contributed by atoms with Gasteiger partial charge in [0.15, 0.2) is 5.76 Å². The van der Waals surface area contributed by atoms with Crippen molar-refractivity contribution in [3.05, 3.63) is 23.2 Å². The molecule has 0 aliphatic heterocycles. The summed E-state index contributed by atoms with van der Waals surface area (Å²) in [5, 5.41) is 9.04. The van der Waals surface area contributed by atoms with Gasteiger partial charge in [-0.05, 0) is 13.3 Å². The second kappa shape index (κ2) is 6.97. The largest absolute Gasteiger partial charge is 0.478 e. The number of carbonyl (C=O) groups is 2. The van der Waals surface area contributed by atoms with Gasteiger partial charge in [0.25, 0.3) is 5.91 Å². The van der Waals surface area contributed by atoms with Gasteiger partial charge in [0.2, 0.25) is 0 Å². The Hall–Kier alpha value is -1.78. The van der Waals surface area contributed by atoms with Crippen LogP contribution in [0.5, 0.6) is 0 Å². The maximum absolute atomic E-state index is 12.2. The highest BCUT2D eigenvalue weighted by Gasteiger charge is 2.22. The first-order valence-corrected chi connectivity index (χ1v) is 6.70. The van der Waals surface area contributed by atoms with E-state index in [9.17, 15) is 9.59 Å². The zero-order chi connectivity index (χ0) is 14.4. The highest BCUT2D eigenvalue weighted by molar-refractivity contribution is 5.96. The third-order valence-corrected chi connectivity index (χ3v) is 3.02. The van der Waals surface area contributed by atoms with Gasteiger partial charge < -0.3 is 14.4 Å². The second-order valence-corrected chi connectivity index (χ2v) is 4.34. The fraction of sp³-hybridized carbons (Fsp3) is 0.571. The number of nitrogens with zero attached hydrogens (tertiary/aromatic N) is 1. The van der Waals surface area contributed by atoms with Crippen molar-refractivity contribution in [1.82, 2.24) is 4.90 Å². The molecular weight excluding hydrogens is 246 g/mol. The fourth-order valence-electron chi connectivity index (χ4n) is 1.89. The Bertz CT molecular complexity index is 450. The van der Waals surface area contributed by atoms with Gasteiger partial charge in [-0.15, -0.1) is 0 Å². The Morgan fingerprint density at radius 1 is 1.32 bits per heavy atom. The predicted molar refractivity (Wildman–Crippen MR) is 71.5 cm³/mol. The predicted octanol–water partition coefficient (Wildman–Crippen LogP) is 2.80. The van der Waals surface area contributed by atoms with E-state index in [1.165, 1.54) is 6.07 Å². The smallest absolute Gasteiger partial charge is 0.339 e. The van der Waals surface area contributed by atoms with Crippen molar-refractivity contribution in [3.8, 4) is 0 Å². The van der Waals surface area contributed by atoms with Crippen LogP contribution < -0.4 is 0 Å². The van der Waals surface area contributed by atoms with Gasteiger partial charge in [-0.25, -0.2) is 4.79 Å². The summed E-state index contributed by atoms with van der Waals surface area (Å²) in [6.07, 6.45) is 2.38. The highest BCUT2D eigenvalue weighted by atomic mass is 16.4. The summed E-state index contributed by atoms with van der Waals surface area (Å²) in [6, 6.07) is 1.33. The summed E-state index contributed by atoms with van der Waals surface area (Å²) < 4.78 is 5.38. The lowest BCUT2D eigenvalue weighted by molar-refractivity contribution is 0.0691. The Kier molecular flexibility index (Phi) is 5.60. The van der Waals surface area contributed by atoms with E-state index in [1.807, 2.05) is 6.92 Å².